The fourth-order valence-corrected chi connectivity index (χ4v) is 2.88. The molecular formula is C18H21N3. The molecule has 0 saturated heterocycles. The first-order valence-electron chi connectivity index (χ1n) is 7.53. The maximum atomic E-state index is 6.00. The highest BCUT2D eigenvalue weighted by molar-refractivity contribution is 5.82. The van der Waals surface area contributed by atoms with Crippen molar-refractivity contribution in [3.63, 3.8) is 0 Å². The second-order valence-corrected chi connectivity index (χ2v) is 5.33. The van der Waals surface area contributed by atoms with Crippen molar-refractivity contribution in [1.29, 1.82) is 0 Å². The Kier molecular flexibility index (Phi) is 4.02. The fraction of sp³-hybridized carbons (Fsp3) is 0.278. The summed E-state index contributed by atoms with van der Waals surface area (Å²) >= 11 is 0. The number of aromatic nitrogens is 2. The Morgan fingerprint density at radius 2 is 1.76 bits per heavy atom. The first-order chi connectivity index (χ1) is 10.3. The van der Waals surface area contributed by atoms with Crippen LogP contribution in [0.1, 0.15) is 24.1 Å². The van der Waals surface area contributed by atoms with Gasteiger partial charge in [0, 0.05) is 24.3 Å². The molecule has 0 spiro atoms. The molecule has 1 heterocycles. The number of nitrogens with zero attached hydrogens (tertiary/aromatic N) is 2. The Bertz CT molecular complexity index is 716. The average molecular weight is 279 g/mol. The third-order valence-electron chi connectivity index (χ3n) is 4.03. The minimum Gasteiger partial charge on any atom is -0.330 e. The Balaban J connectivity index is 1.97. The maximum Gasteiger partial charge on any atom is 0.0709 e. The quantitative estimate of drug-likeness (QED) is 0.778. The molecule has 3 rings (SSSR count). The third kappa shape index (κ3) is 2.69. The molecule has 0 amide bonds. The van der Waals surface area contributed by atoms with E-state index in [-0.39, 0.29) is 0 Å². The zero-order valence-corrected chi connectivity index (χ0v) is 12.4. The SMILES string of the molecule is CCn1nc(CC(CN)c2ccccc2)c2ccccc21. The van der Waals surface area contributed by atoms with Gasteiger partial charge in [0.25, 0.3) is 0 Å². The molecule has 21 heavy (non-hydrogen) atoms. The largest absolute Gasteiger partial charge is 0.330 e. The number of rotatable bonds is 5. The van der Waals surface area contributed by atoms with Crippen LogP contribution in [0.25, 0.3) is 10.9 Å². The van der Waals surface area contributed by atoms with Gasteiger partial charge in [-0.1, -0.05) is 48.5 Å². The smallest absolute Gasteiger partial charge is 0.0709 e. The van der Waals surface area contributed by atoms with Crippen LogP contribution in [0.2, 0.25) is 0 Å². The van der Waals surface area contributed by atoms with Crippen molar-refractivity contribution in [3.8, 4) is 0 Å². The van der Waals surface area contributed by atoms with Gasteiger partial charge in [0.15, 0.2) is 0 Å². The predicted molar refractivity (Wildman–Crippen MR) is 87.3 cm³/mol. The molecule has 0 saturated carbocycles. The molecule has 0 radical (unpaired) electrons. The van der Waals surface area contributed by atoms with Crippen LogP contribution >= 0.6 is 0 Å². The molecule has 0 bridgehead atoms. The lowest BCUT2D eigenvalue weighted by Gasteiger charge is -2.13. The van der Waals surface area contributed by atoms with E-state index < -0.39 is 0 Å². The van der Waals surface area contributed by atoms with E-state index in [0.29, 0.717) is 12.5 Å². The lowest BCUT2D eigenvalue weighted by Crippen LogP contribution is -2.15. The minimum absolute atomic E-state index is 0.315. The molecule has 3 heteroatoms. The second kappa shape index (κ2) is 6.10. The molecule has 2 N–H and O–H groups in total. The van der Waals surface area contributed by atoms with E-state index in [4.69, 9.17) is 10.8 Å². The summed E-state index contributed by atoms with van der Waals surface area (Å²) < 4.78 is 2.07. The third-order valence-corrected chi connectivity index (χ3v) is 4.03. The Hall–Kier alpha value is -2.13. The van der Waals surface area contributed by atoms with Gasteiger partial charge in [-0.05, 0) is 25.1 Å². The van der Waals surface area contributed by atoms with E-state index in [1.807, 2.05) is 6.07 Å². The molecule has 0 aliphatic heterocycles. The van der Waals surface area contributed by atoms with Crippen LogP contribution in [0.4, 0.5) is 0 Å². The number of nitrogens with two attached hydrogens (primary N) is 1. The van der Waals surface area contributed by atoms with E-state index >= 15 is 0 Å². The van der Waals surface area contributed by atoms with E-state index in [1.54, 1.807) is 0 Å². The van der Waals surface area contributed by atoms with Crippen LogP contribution in [0.15, 0.2) is 54.6 Å². The van der Waals surface area contributed by atoms with Crippen molar-refractivity contribution in [1.82, 2.24) is 9.78 Å². The summed E-state index contributed by atoms with van der Waals surface area (Å²) in [5.41, 5.74) is 9.64. The van der Waals surface area contributed by atoms with Crippen molar-refractivity contribution in [2.75, 3.05) is 6.54 Å². The van der Waals surface area contributed by atoms with Crippen LogP contribution in [0, 0.1) is 0 Å². The molecule has 3 nitrogen and oxygen atoms in total. The van der Waals surface area contributed by atoms with Crippen molar-refractivity contribution < 1.29 is 0 Å². The predicted octanol–water partition coefficient (Wildman–Crippen LogP) is 3.34. The van der Waals surface area contributed by atoms with Crippen molar-refractivity contribution >= 4 is 10.9 Å². The van der Waals surface area contributed by atoms with E-state index in [9.17, 15) is 0 Å². The van der Waals surface area contributed by atoms with E-state index in [0.717, 1.165) is 18.7 Å². The van der Waals surface area contributed by atoms with Crippen LogP contribution < -0.4 is 5.73 Å². The molecule has 3 aromatic rings. The fourth-order valence-electron chi connectivity index (χ4n) is 2.88. The van der Waals surface area contributed by atoms with Gasteiger partial charge in [-0.25, -0.2) is 0 Å². The summed E-state index contributed by atoms with van der Waals surface area (Å²) in [5.74, 6) is 0.315. The molecule has 1 aromatic heterocycles. The van der Waals surface area contributed by atoms with E-state index in [1.165, 1.54) is 16.5 Å². The van der Waals surface area contributed by atoms with Gasteiger partial charge in [-0.2, -0.15) is 5.10 Å². The van der Waals surface area contributed by atoms with Crippen LogP contribution in [-0.4, -0.2) is 16.3 Å². The summed E-state index contributed by atoms with van der Waals surface area (Å²) in [6.45, 7) is 3.65. The standard InChI is InChI=1S/C18H21N3/c1-2-21-18-11-7-6-10-16(18)17(20-21)12-15(13-19)14-8-4-3-5-9-14/h3-11,15H,2,12-13,19H2,1H3. The molecule has 0 aliphatic rings. The molecule has 2 aromatic carbocycles. The summed E-state index contributed by atoms with van der Waals surface area (Å²) in [7, 11) is 0. The lowest BCUT2D eigenvalue weighted by atomic mass is 9.93. The number of aryl methyl sites for hydroxylation is 1. The topological polar surface area (TPSA) is 43.8 Å². The molecule has 1 unspecified atom stereocenters. The highest BCUT2D eigenvalue weighted by atomic mass is 15.3. The highest BCUT2D eigenvalue weighted by Gasteiger charge is 2.15. The number of para-hydroxylation sites is 1. The van der Waals surface area contributed by atoms with Gasteiger partial charge < -0.3 is 5.73 Å². The Morgan fingerprint density at radius 1 is 1.05 bits per heavy atom. The number of benzene rings is 2. The number of hydrogen-bond acceptors (Lipinski definition) is 2. The van der Waals surface area contributed by atoms with Crippen molar-refractivity contribution in [3.05, 3.63) is 65.9 Å². The lowest BCUT2D eigenvalue weighted by molar-refractivity contribution is 0.634. The van der Waals surface area contributed by atoms with Gasteiger partial charge >= 0.3 is 0 Å². The molecular weight excluding hydrogens is 258 g/mol. The van der Waals surface area contributed by atoms with Crippen molar-refractivity contribution in [2.24, 2.45) is 5.73 Å². The Morgan fingerprint density at radius 3 is 2.48 bits per heavy atom. The van der Waals surface area contributed by atoms with Gasteiger partial charge in [0.1, 0.15) is 0 Å². The first-order valence-corrected chi connectivity index (χ1v) is 7.53. The summed E-state index contributed by atoms with van der Waals surface area (Å²) in [4.78, 5) is 0. The zero-order chi connectivity index (χ0) is 14.7. The number of fused-ring (bicyclic) bond motifs is 1. The van der Waals surface area contributed by atoms with Crippen LogP contribution in [0.5, 0.6) is 0 Å². The molecule has 0 fully saturated rings. The van der Waals surface area contributed by atoms with Gasteiger partial charge in [-0.15, -0.1) is 0 Å². The second-order valence-electron chi connectivity index (χ2n) is 5.33. The van der Waals surface area contributed by atoms with Gasteiger partial charge in [0.2, 0.25) is 0 Å². The molecule has 108 valence electrons. The normalized spacial score (nSPS) is 12.7. The van der Waals surface area contributed by atoms with Gasteiger partial charge in [-0.3, -0.25) is 4.68 Å². The monoisotopic (exact) mass is 279 g/mol. The molecule has 0 aliphatic carbocycles. The Labute approximate surface area is 125 Å². The number of hydrogen-bond donors (Lipinski definition) is 1. The molecule has 1 atom stereocenters. The first kappa shape index (κ1) is 13.8. The highest BCUT2D eigenvalue weighted by Crippen LogP contribution is 2.25. The zero-order valence-electron chi connectivity index (χ0n) is 12.4. The van der Waals surface area contributed by atoms with Crippen molar-refractivity contribution in [2.45, 2.75) is 25.8 Å². The summed E-state index contributed by atoms with van der Waals surface area (Å²) in [6.07, 6.45) is 0.883. The minimum atomic E-state index is 0.315. The van der Waals surface area contributed by atoms with Crippen LogP contribution in [-0.2, 0) is 13.0 Å². The van der Waals surface area contributed by atoms with Crippen LogP contribution in [0.3, 0.4) is 0 Å². The summed E-state index contributed by atoms with van der Waals surface area (Å²) in [5, 5.41) is 6.03. The summed E-state index contributed by atoms with van der Waals surface area (Å²) in [6, 6.07) is 18.9. The van der Waals surface area contributed by atoms with E-state index in [2.05, 4.69) is 60.1 Å². The average Bonchev–Trinajstić information content (AvgIpc) is 2.91. The maximum absolute atomic E-state index is 6.00. The van der Waals surface area contributed by atoms with Gasteiger partial charge in [0.05, 0.1) is 11.2 Å².